The van der Waals surface area contributed by atoms with Gasteiger partial charge in [-0.3, -0.25) is 4.79 Å². The molecule has 2 aliphatic rings. The van der Waals surface area contributed by atoms with Crippen molar-refractivity contribution in [2.75, 3.05) is 24.5 Å². The van der Waals surface area contributed by atoms with Gasteiger partial charge in [0.2, 0.25) is 0 Å². The van der Waals surface area contributed by atoms with Crippen LogP contribution < -0.4 is 4.90 Å². The van der Waals surface area contributed by atoms with Gasteiger partial charge in [0, 0.05) is 25.5 Å². The fraction of sp³-hybridized carbons (Fsp3) is 0.273. The number of hydrogen-bond acceptors (Lipinski definition) is 4. The summed E-state index contributed by atoms with van der Waals surface area (Å²) < 4.78 is 7.51. The van der Waals surface area contributed by atoms with Crippen LogP contribution in [-0.4, -0.2) is 40.0 Å². The van der Waals surface area contributed by atoms with E-state index >= 15 is 0 Å². The lowest BCUT2D eigenvalue weighted by molar-refractivity contribution is 0.0750. The van der Waals surface area contributed by atoms with Crippen LogP contribution in [0.3, 0.4) is 0 Å². The van der Waals surface area contributed by atoms with Crippen molar-refractivity contribution in [1.29, 1.82) is 0 Å². The smallest absolute Gasteiger partial charge is 0.289 e. The zero-order chi connectivity index (χ0) is 19.3. The van der Waals surface area contributed by atoms with Crippen LogP contribution in [0.5, 0.6) is 0 Å². The van der Waals surface area contributed by atoms with E-state index < -0.39 is 0 Å². The number of likely N-dealkylation sites (tertiary alicyclic amines) is 1. The van der Waals surface area contributed by atoms with Crippen LogP contribution in [0.15, 0.2) is 71.6 Å². The standard InChI is InChI=1S/C22H22N4O2/c1-16(2)14-26-17-6-3-10-23-20(17)25-11-4-8-19(25)22(26)9-12-24(15-22)21(27)18-7-5-13-28-18/h3-8,10-11,13H,1,9,12,14-15H2,2H3/t22-/m1/s1. The number of amides is 1. The monoisotopic (exact) mass is 374 g/mol. The van der Waals surface area contributed by atoms with E-state index in [0.717, 1.165) is 29.2 Å². The zero-order valence-electron chi connectivity index (χ0n) is 15.8. The highest BCUT2D eigenvalue weighted by molar-refractivity contribution is 5.92. The van der Waals surface area contributed by atoms with Crippen LogP contribution in [0.25, 0.3) is 5.82 Å². The minimum atomic E-state index is -0.319. The van der Waals surface area contributed by atoms with Crippen molar-refractivity contribution in [3.63, 3.8) is 0 Å². The van der Waals surface area contributed by atoms with Gasteiger partial charge in [0.1, 0.15) is 5.54 Å². The molecule has 6 heteroatoms. The summed E-state index contributed by atoms with van der Waals surface area (Å²) in [6.45, 7) is 8.17. The molecule has 0 aliphatic carbocycles. The molecule has 5 rings (SSSR count). The summed E-state index contributed by atoms with van der Waals surface area (Å²) in [5, 5.41) is 0. The molecule has 1 amide bonds. The Morgan fingerprint density at radius 1 is 1.29 bits per heavy atom. The molecular weight excluding hydrogens is 352 g/mol. The molecule has 2 aliphatic heterocycles. The van der Waals surface area contributed by atoms with Crippen molar-refractivity contribution in [3.05, 3.63) is 78.7 Å². The molecule has 1 atom stereocenters. The van der Waals surface area contributed by atoms with Gasteiger partial charge in [-0.1, -0.05) is 12.2 Å². The number of carbonyl (C=O) groups excluding carboxylic acids is 1. The van der Waals surface area contributed by atoms with E-state index in [-0.39, 0.29) is 11.4 Å². The Morgan fingerprint density at radius 2 is 2.18 bits per heavy atom. The Hall–Kier alpha value is -3.28. The Kier molecular flexibility index (Phi) is 3.69. The Morgan fingerprint density at radius 3 is 2.96 bits per heavy atom. The van der Waals surface area contributed by atoms with Crippen LogP contribution in [0.2, 0.25) is 0 Å². The predicted molar refractivity (Wildman–Crippen MR) is 107 cm³/mol. The topological polar surface area (TPSA) is 54.5 Å². The van der Waals surface area contributed by atoms with E-state index in [0.29, 0.717) is 25.4 Å². The molecule has 28 heavy (non-hydrogen) atoms. The fourth-order valence-electron chi connectivity index (χ4n) is 4.56. The second kappa shape index (κ2) is 6.12. The maximum absolute atomic E-state index is 12.9. The second-order valence-corrected chi connectivity index (χ2v) is 7.64. The van der Waals surface area contributed by atoms with Gasteiger partial charge < -0.3 is 18.8 Å². The minimum absolute atomic E-state index is 0.0627. The molecule has 3 aromatic heterocycles. The largest absolute Gasteiger partial charge is 0.459 e. The van der Waals surface area contributed by atoms with Crippen LogP contribution in [-0.2, 0) is 5.54 Å². The van der Waals surface area contributed by atoms with E-state index in [2.05, 4.69) is 45.4 Å². The van der Waals surface area contributed by atoms with Gasteiger partial charge in [-0.2, -0.15) is 0 Å². The van der Waals surface area contributed by atoms with Gasteiger partial charge in [-0.05, 0) is 49.7 Å². The van der Waals surface area contributed by atoms with E-state index in [4.69, 9.17) is 4.42 Å². The molecule has 0 N–H and O–H groups in total. The number of rotatable bonds is 3. The third-order valence-electron chi connectivity index (χ3n) is 5.72. The lowest BCUT2D eigenvalue weighted by Crippen LogP contribution is -2.53. The van der Waals surface area contributed by atoms with Crippen molar-refractivity contribution in [2.24, 2.45) is 0 Å². The summed E-state index contributed by atoms with van der Waals surface area (Å²) in [5.41, 5.74) is 2.99. The first-order valence-corrected chi connectivity index (χ1v) is 9.48. The maximum atomic E-state index is 12.9. The summed E-state index contributed by atoms with van der Waals surface area (Å²) in [7, 11) is 0. The van der Waals surface area contributed by atoms with Crippen LogP contribution in [0, 0.1) is 0 Å². The van der Waals surface area contributed by atoms with Crippen molar-refractivity contribution in [1.82, 2.24) is 14.5 Å². The summed E-state index contributed by atoms with van der Waals surface area (Å²) in [6, 6.07) is 11.7. The molecular formula is C22H22N4O2. The minimum Gasteiger partial charge on any atom is -0.459 e. The fourth-order valence-corrected chi connectivity index (χ4v) is 4.56. The number of furan rings is 1. The van der Waals surface area contributed by atoms with Crippen molar-refractivity contribution in [2.45, 2.75) is 18.9 Å². The Labute approximate surface area is 163 Å². The molecule has 3 aromatic rings. The molecule has 0 radical (unpaired) electrons. The maximum Gasteiger partial charge on any atom is 0.289 e. The van der Waals surface area contributed by atoms with Crippen molar-refractivity contribution < 1.29 is 9.21 Å². The predicted octanol–water partition coefficient (Wildman–Crippen LogP) is 3.60. The van der Waals surface area contributed by atoms with Gasteiger partial charge in [-0.25, -0.2) is 4.98 Å². The normalized spacial score (nSPS) is 20.3. The molecule has 0 bridgehead atoms. The number of nitrogens with zero attached hydrogens (tertiary/aromatic N) is 4. The van der Waals surface area contributed by atoms with E-state index in [9.17, 15) is 4.79 Å². The highest BCUT2D eigenvalue weighted by Gasteiger charge is 2.51. The average Bonchev–Trinajstić information content (AvgIpc) is 3.45. The van der Waals surface area contributed by atoms with E-state index in [1.807, 2.05) is 24.1 Å². The number of pyridine rings is 1. The molecule has 142 valence electrons. The Bertz CT molecular complexity index is 1050. The third-order valence-corrected chi connectivity index (χ3v) is 5.72. The van der Waals surface area contributed by atoms with E-state index in [1.54, 1.807) is 18.4 Å². The summed E-state index contributed by atoms with van der Waals surface area (Å²) in [5.74, 6) is 1.24. The molecule has 1 fully saturated rings. The number of anilines is 1. The first-order chi connectivity index (χ1) is 13.6. The number of fused-ring (bicyclic) bond motifs is 4. The quantitative estimate of drug-likeness (QED) is 0.658. The van der Waals surface area contributed by atoms with Gasteiger partial charge >= 0.3 is 0 Å². The highest BCUT2D eigenvalue weighted by atomic mass is 16.3. The lowest BCUT2D eigenvalue weighted by Gasteiger charge is -2.47. The van der Waals surface area contributed by atoms with Gasteiger partial charge in [-0.15, -0.1) is 0 Å². The van der Waals surface area contributed by atoms with Gasteiger partial charge in [0.25, 0.3) is 5.91 Å². The van der Waals surface area contributed by atoms with Crippen molar-refractivity contribution in [3.8, 4) is 5.82 Å². The molecule has 0 unspecified atom stereocenters. The Balaban J connectivity index is 1.61. The first-order valence-electron chi connectivity index (χ1n) is 9.48. The van der Waals surface area contributed by atoms with E-state index in [1.165, 1.54) is 0 Å². The first kappa shape index (κ1) is 16.9. The van der Waals surface area contributed by atoms with Gasteiger partial charge in [0.05, 0.1) is 24.2 Å². The average molecular weight is 374 g/mol. The number of aromatic nitrogens is 2. The second-order valence-electron chi connectivity index (χ2n) is 7.64. The molecule has 6 nitrogen and oxygen atoms in total. The third kappa shape index (κ3) is 2.34. The summed E-state index contributed by atoms with van der Waals surface area (Å²) >= 11 is 0. The molecule has 1 spiro atoms. The van der Waals surface area contributed by atoms with Crippen molar-refractivity contribution >= 4 is 11.6 Å². The summed E-state index contributed by atoms with van der Waals surface area (Å²) in [6.07, 6.45) is 6.25. The number of carbonyl (C=O) groups is 1. The molecule has 0 saturated carbocycles. The van der Waals surface area contributed by atoms with Crippen LogP contribution >= 0.6 is 0 Å². The van der Waals surface area contributed by atoms with Crippen LogP contribution in [0.4, 0.5) is 5.69 Å². The SMILES string of the molecule is C=C(C)CN1c2cccnc2-n2cccc2[C@]12CCN(C(=O)c1ccco1)C2. The molecule has 0 aromatic carbocycles. The van der Waals surface area contributed by atoms with Crippen LogP contribution in [0.1, 0.15) is 29.6 Å². The lowest BCUT2D eigenvalue weighted by atomic mass is 9.88. The number of hydrogen-bond donors (Lipinski definition) is 0. The molecule has 5 heterocycles. The zero-order valence-corrected chi connectivity index (χ0v) is 15.8. The summed E-state index contributed by atoms with van der Waals surface area (Å²) in [4.78, 5) is 21.8. The highest BCUT2D eigenvalue weighted by Crippen LogP contribution is 2.47. The molecule has 1 saturated heterocycles. The van der Waals surface area contributed by atoms with Gasteiger partial charge in [0.15, 0.2) is 11.6 Å².